The highest BCUT2D eigenvalue weighted by Gasteiger charge is 2.20. The topological polar surface area (TPSA) is 102 Å². The standard InChI is InChI=1S/C19H17ClN2O5S2/c1-21-28(23,24)16-8-5-9-17(13-16)29(25,26)22-18-12-14(20)10-11-19(18)27-15-6-3-2-4-7-15/h2-13,21-22H,1H3. The molecule has 0 aliphatic heterocycles. The molecule has 0 saturated carbocycles. The monoisotopic (exact) mass is 452 g/mol. The van der Waals surface area contributed by atoms with Gasteiger partial charge in [-0.3, -0.25) is 4.72 Å². The van der Waals surface area contributed by atoms with Gasteiger partial charge in [0.2, 0.25) is 10.0 Å². The Morgan fingerprint density at radius 3 is 2.10 bits per heavy atom. The first-order chi connectivity index (χ1) is 13.7. The maximum Gasteiger partial charge on any atom is 0.262 e. The van der Waals surface area contributed by atoms with E-state index in [9.17, 15) is 16.8 Å². The van der Waals surface area contributed by atoms with Gasteiger partial charge in [-0.15, -0.1) is 0 Å². The molecule has 29 heavy (non-hydrogen) atoms. The van der Waals surface area contributed by atoms with Gasteiger partial charge in [-0.05, 0) is 55.6 Å². The molecule has 3 aromatic rings. The van der Waals surface area contributed by atoms with E-state index < -0.39 is 20.0 Å². The van der Waals surface area contributed by atoms with E-state index in [4.69, 9.17) is 16.3 Å². The summed E-state index contributed by atoms with van der Waals surface area (Å²) in [6.45, 7) is 0. The first-order valence-electron chi connectivity index (χ1n) is 8.30. The third kappa shape index (κ3) is 5.07. The molecule has 0 unspecified atom stereocenters. The molecule has 0 saturated heterocycles. The molecule has 0 radical (unpaired) electrons. The quantitative estimate of drug-likeness (QED) is 0.567. The Hall–Kier alpha value is -2.59. The van der Waals surface area contributed by atoms with E-state index in [1.165, 1.54) is 37.4 Å². The number of ether oxygens (including phenoxy) is 1. The number of hydrogen-bond donors (Lipinski definition) is 2. The molecule has 0 spiro atoms. The summed E-state index contributed by atoms with van der Waals surface area (Å²) in [7, 11) is -6.67. The second-order valence-corrected chi connectivity index (χ2v) is 9.85. The fourth-order valence-corrected chi connectivity index (χ4v) is 4.55. The summed E-state index contributed by atoms with van der Waals surface area (Å²) >= 11 is 6.02. The minimum atomic E-state index is -4.12. The van der Waals surface area contributed by atoms with Gasteiger partial charge in [-0.1, -0.05) is 35.9 Å². The molecule has 0 aliphatic carbocycles. The van der Waals surface area contributed by atoms with Gasteiger partial charge < -0.3 is 4.74 Å². The third-order valence-corrected chi connectivity index (χ3v) is 6.86. The van der Waals surface area contributed by atoms with Gasteiger partial charge >= 0.3 is 0 Å². The molecular formula is C19H17ClN2O5S2. The van der Waals surface area contributed by atoms with Crippen LogP contribution in [0.4, 0.5) is 5.69 Å². The molecule has 152 valence electrons. The van der Waals surface area contributed by atoms with E-state index in [-0.39, 0.29) is 21.2 Å². The molecule has 0 atom stereocenters. The van der Waals surface area contributed by atoms with Crippen LogP contribution in [-0.4, -0.2) is 23.9 Å². The second-order valence-electron chi connectivity index (χ2n) is 5.84. The number of nitrogens with one attached hydrogen (secondary N) is 2. The highest BCUT2D eigenvalue weighted by molar-refractivity contribution is 7.93. The summed E-state index contributed by atoms with van der Waals surface area (Å²) in [6.07, 6.45) is 0. The van der Waals surface area contributed by atoms with Crippen molar-refractivity contribution in [1.29, 1.82) is 0 Å². The van der Waals surface area contributed by atoms with Gasteiger partial charge in [0.15, 0.2) is 5.75 Å². The molecule has 0 bridgehead atoms. The van der Waals surface area contributed by atoms with Crippen molar-refractivity contribution in [2.75, 3.05) is 11.8 Å². The van der Waals surface area contributed by atoms with E-state index in [1.807, 2.05) is 6.07 Å². The van der Waals surface area contributed by atoms with Crippen LogP contribution in [0.3, 0.4) is 0 Å². The average Bonchev–Trinajstić information content (AvgIpc) is 2.71. The van der Waals surface area contributed by atoms with Gasteiger partial charge in [0, 0.05) is 5.02 Å². The SMILES string of the molecule is CNS(=O)(=O)c1cccc(S(=O)(=O)Nc2cc(Cl)ccc2Oc2ccccc2)c1. The third-order valence-electron chi connectivity index (χ3n) is 3.85. The molecule has 0 aliphatic rings. The van der Waals surface area contributed by atoms with Crippen molar-refractivity contribution in [3.63, 3.8) is 0 Å². The van der Waals surface area contributed by atoms with Crippen molar-refractivity contribution in [1.82, 2.24) is 4.72 Å². The zero-order valence-corrected chi connectivity index (χ0v) is 17.6. The largest absolute Gasteiger partial charge is 0.455 e. The van der Waals surface area contributed by atoms with Gasteiger partial charge in [-0.2, -0.15) is 0 Å². The van der Waals surface area contributed by atoms with Crippen molar-refractivity contribution < 1.29 is 21.6 Å². The molecule has 3 rings (SSSR count). The Kier molecular flexibility index (Phi) is 6.13. The van der Waals surface area contributed by atoms with Crippen molar-refractivity contribution in [3.05, 3.63) is 77.8 Å². The lowest BCUT2D eigenvalue weighted by Crippen LogP contribution is -2.19. The average molecular weight is 453 g/mol. The number of anilines is 1. The predicted octanol–water partition coefficient (Wildman–Crippen LogP) is 3.84. The van der Waals surface area contributed by atoms with Crippen LogP contribution in [0.25, 0.3) is 0 Å². The first kappa shape index (κ1) is 21.1. The molecule has 2 N–H and O–H groups in total. The molecular weight excluding hydrogens is 436 g/mol. The zero-order chi connectivity index (χ0) is 21.1. The lowest BCUT2D eigenvalue weighted by Gasteiger charge is -2.14. The summed E-state index contributed by atoms with van der Waals surface area (Å²) in [5.41, 5.74) is 0.114. The summed E-state index contributed by atoms with van der Waals surface area (Å²) in [6, 6.07) is 18.3. The van der Waals surface area contributed by atoms with Crippen molar-refractivity contribution in [2.45, 2.75) is 9.79 Å². The normalized spacial score (nSPS) is 11.8. The van der Waals surface area contributed by atoms with Crippen LogP contribution in [0, 0.1) is 0 Å². The first-order valence-corrected chi connectivity index (χ1v) is 11.6. The Morgan fingerprint density at radius 2 is 1.45 bits per heavy atom. The van der Waals surface area contributed by atoms with Gasteiger partial charge in [0.1, 0.15) is 5.75 Å². The van der Waals surface area contributed by atoms with E-state index in [1.54, 1.807) is 30.3 Å². The van der Waals surface area contributed by atoms with Crippen LogP contribution in [0.5, 0.6) is 11.5 Å². The second kappa shape index (κ2) is 8.42. The summed E-state index contributed by atoms with van der Waals surface area (Å²) < 4.78 is 60.0. The van der Waals surface area contributed by atoms with Crippen molar-refractivity contribution >= 4 is 37.3 Å². The number of para-hydroxylation sites is 1. The maximum atomic E-state index is 12.9. The summed E-state index contributed by atoms with van der Waals surface area (Å²) in [4.78, 5) is -0.394. The van der Waals surface area contributed by atoms with Crippen molar-refractivity contribution in [2.24, 2.45) is 0 Å². The highest BCUT2D eigenvalue weighted by Crippen LogP contribution is 2.33. The van der Waals surface area contributed by atoms with E-state index in [0.29, 0.717) is 10.8 Å². The van der Waals surface area contributed by atoms with Crippen LogP contribution < -0.4 is 14.2 Å². The zero-order valence-electron chi connectivity index (χ0n) is 15.2. The number of halogens is 1. The van der Waals surface area contributed by atoms with Crippen LogP contribution in [0.1, 0.15) is 0 Å². The van der Waals surface area contributed by atoms with E-state index >= 15 is 0 Å². The van der Waals surface area contributed by atoms with Crippen LogP contribution in [0.2, 0.25) is 5.02 Å². The molecule has 7 nitrogen and oxygen atoms in total. The molecule has 10 heteroatoms. The smallest absolute Gasteiger partial charge is 0.262 e. The molecule has 0 heterocycles. The van der Waals surface area contributed by atoms with E-state index in [2.05, 4.69) is 9.44 Å². The summed E-state index contributed by atoms with van der Waals surface area (Å²) in [5, 5.41) is 0.301. The summed E-state index contributed by atoms with van der Waals surface area (Å²) in [5.74, 6) is 0.751. The Morgan fingerprint density at radius 1 is 0.793 bits per heavy atom. The lowest BCUT2D eigenvalue weighted by molar-refractivity contribution is 0.485. The Labute approximate surface area is 174 Å². The lowest BCUT2D eigenvalue weighted by atomic mass is 10.3. The van der Waals surface area contributed by atoms with Gasteiger partial charge in [0.25, 0.3) is 10.0 Å². The maximum absolute atomic E-state index is 12.9. The minimum absolute atomic E-state index is 0.114. The number of hydrogen-bond acceptors (Lipinski definition) is 5. The fourth-order valence-electron chi connectivity index (χ4n) is 2.42. The Balaban J connectivity index is 1.97. The number of benzene rings is 3. The van der Waals surface area contributed by atoms with Gasteiger partial charge in [0.05, 0.1) is 15.5 Å². The Bertz CT molecular complexity index is 1230. The number of sulfonamides is 2. The van der Waals surface area contributed by atoms with Crippen LogP contribution in [0.15, 0.2) is 82.6 Å². The highest BCUT2D eigenvalue weighted by atomic mass is 35.5. The molecule has 0 fully saturated rings. The van der Waals surface area contributed by atoms with Gasteiger partial charge in [-0.25, -0.2) is 21.6 Å². The fraction of sp³-hybridized carbons (Fsp3) is 0.0526. The minimum Gasteiger partial charge on any atom is -0.455 e. The number of rotatable bonds is 7. The van der Waals surface area contributed by atoms with Crippen molar-refractivity contribution in [3.8, 4) is 11.5 Å². The molecule has 3 aromatic carbocycles. The van der Waals surface area contributed by atoms with Crippen LogP contribution >= 0.6 is 11.6 Å². The molecule has 0 aromatic heterocycles. The predicted molar refractivity (Wildman–Crippen MR) is 111 cm³/mol. The van der Waals surface area contributed by atoms with Crippen LogP contribution in [-0.2, 0) is 20.0 Å². The van der Waals surface area contributed by atoms with E-state index in [0.717, 1.165) is 6.07 Å². The molecule has 0 amide bonds.